The van der Waals surface area contributed by atoms with Crippen LogP contribution in [0.25, 0.3) is 0 Å². The van der Waals surface area contributed by atoms with Crippen molar-refractivity contribution >= 4 is 11.9 Å². The number of ether oxygens (including phenoxy) is 11. The molecule has 0 rings (SSSR count). The lowest BCUT2D eigenvalue weighted by atomic mass is 10.6. The number of rotatable bonds is 34. The highest BCUT2D eigenvalue weighted by Gasteiger charge is 2.03. The fourth-order valence-electron chi connectivity index (χ4n) is 2.55. The van der Waals surface area contributed by atoms with Crippen LogP contribution in [0.5, 0.6) is 0 Å². The van der Waals surface area contributed by atoms with E-state index in [0.29, 0.717) is 132 Å². The van der Waals surface area contributed by atoms with E-state index in [1.54, 1.807) is 7.11 Å². The number of aliphatic carboxylic acids is 1. The maximum atomic E-state index is 11.3. The van der Waals surface area contributed by atoms with Gasteiger partial charge in [-0.1, -0.05) is 0 Å². The van der Waals surface area contributed by atoms with Crippen LogP contribution in [-0.2, 0) is 61.7 Å². The molecule has 2 N–H and O–H groups in total. The van der Waals surface area contributed by atoms with Gasteiger partial charge in [-0.05, 0) is 0 Å². The number of carbonyl (C=O) groups excluding carboxylic acids is 1. The quantitative estimate of drug-likeness (QED) is 0.0880. The number of carbonyl (C=O) groups is 2. The summed E-state index contributed by atoms with van der Waals surface area (Å²) in [7, 11) is 1.64. The summed E-state index contributed by atoms with van der Waals surface area (Å²) >= 11 is 0. The molecule has 238 valence electrons. The van der Waals surface area contributed by atoms with Crippen LogP contribution in [0.1, 0.15) is 0 Å². The van der Waals surface area contributed by atoms with Crippen LogP contribution in [0, 0.1) is 0 Å². The molecule has 0 aliphatic carbocycles. The first-order chi connectivity index (χ1) is 19.7. The summed E-state index contributed by atoms with van der Waals surface area (Å²) in [6, 6.07) is 0. The molecular weight excluding hydrogens is 538 g/mol. The van der Waals surface area contributed by atoms with Gasteiger partial charge in [0.25, 0.3) is 0 Å². The summed E-state index contributed by atoms with van der Waals surface area (Å²) < 4.78 is 58.0. The molecule has 1 amide bonds. The number of hydrogen-bond donors (Lipinski definition) is 2. The highest BCUT2D eigenvalue weighted by Crippen LogP contribution is 1.86. The standard InChI is InChI=1S/C25H49NO14/c1-30-4-5-32-8-9-34-12-13-36-16-17-38-20-21-39-19-18-37-15-14-35-11-10-33-7-6-31-3-2-26-24(27)22-40-23-25(28)29/h2-23H2,1H3,(H,26,27)(H,28,29). The van der Waals surface area contributed by atoms with Crippen LogP contribution in [0.15, 0.2) is 0 Å². The molecule has 0 heterocycles. The molecule has 0 aliphatic rings. The van der Waals surface area contributed by atoms with E-state index in [0.717, 1.165) is 0 Å². The molecule has 40 heavy (non-hydrogen) atoms. The number of methoxy groups -OCH3 is 1. The molecule has 15 nitrogen and oxygen atoms in total. The van der Waals surface area contributed by atoms with Gasteiger partial charge in [0.05, 0.1) is 126 Å². The van der Waals surface area contributed by atoms with E-state index in [4.69, 9.17) is 52.5 Å². The van der Waals surface area contributed by atoms with Crippen LogP contribution in [0.3, 0.4) is 0 Å². The normalized spacial score (nSPS) is 11.2. The van der Waals surface area contributed by atoms with E-state index < -0.39 is 18.5 Å². The van der Waals surface area contributed by atoms with Crippen molar-refractivity contribution in [1.29, 1.82) is 0 Å². The average Bonchev–Trinajstić information content (AvgIpc) is 2.94. The zero-order valence-corrected chi connectivity index (χ0v) is 23.8. The van der Waals surface area contributed by atoms with Crippen molar-refractivity contribution in [3.63, 3.8) is 0 Å². The van der Waals surface area contributed by atoms with Gasteiger partial charge in [-0.15, -0.1) is 0 Å². The highest BCUT2D eigenvalue weighted by molar-refractivity contribution is 5.77. The Labute approximate surface area is 236 Å². The highest BCUT2D eigenvalue weighted by atomic mass is 16.6. The van der Waals surface area contributed by atoms with Crippen molar-refractivity contribution in [3.8, 4) is 0 Å². The van der Waals surface area contributed by atoms with Gasteiger partial charge in [-0.3, -0.25) is 4.79 Å². The molecule has 0 aromatic heterocycles. The first kappa shape index (κ1) is 38.5. The molecule has 0 fully saturated rings. The molecule has 0 unspecified atom stereocenters. The lowest BCUT2D eigenvalue weighted by Gasteiger charge is -2.09. The zero-order chi connectivity index (χ0) is 29.2. The number of nitrogens with one attached hydrogen (secondary N) is 1. The third-order valence-corrected chi connectivity index (χ3v) is 4.44. The van der Waals surface area contributed by atoms with Gasteiger partial charge < -0.3 is 62.5 Å². The van der Waals surface area contributed by atoms with Gasteiger partial charge in [0.1, 0.15) is 13.2 Å². The minimum absolute atomic E-state index is 0.299. The van der Waals surface area contributed by atoms with Gasteiger partial charge in [-0.2, -0.15) is 0 Å². The minimum atomic E-state index is -1.12. The topological polar surface area (TPSA) is 168 Å². The lowest BCUT2D eigenvalue weighted by molar-refractivity contribution is -0.143. The number of carboxylic acid groups (broad SMARTS) is 1. The third-order valence-electron chi connectivity index (χ3n) is 4.44. The molecule has 0 atom stereocenters. The minimum Gasteiger partial charge on any atom is -0.480 e. The molecule has 0 radical (unpaired) electrons. The van der Waals surface area contributed by atoms with Crippen LogP contribution in [0.2, 0.25) is 0 Å². The Morgan fingerprint density at radius 1 is 0.450 bits per heavy atom. The van der Waals surface area contributed by atoms with Crippen molar-refractivity contribution in [2.75, 3.05) is 152 Å². The van der Waals surface area contributed by atoms with Gasteiger partial charge in [0, 0.05) is 13.7 Å². The summed E-state index contributed by atoms with van der Waals surface area (Å²) in [5.74, 6) is -1.52. The van der Waals surface area contributed by atoms with Crippen molar-refractivity contribution in [2.45, 2.75) is 0 Å². The molecule has 0 aromatic carbocycles. The Hall–Kier alpha value is -1.50. The summed E-state index contributed by atoms with van der Waals surface area (Å²) in [6.45, 7) is 8.67. The SMILES string of the molecule is COCCOCCOCCOCCOCCOCCOCCOCCOCCOCCNC(=O)COCC(=O)O. The van der Waals surface area contributed by atoms with E-state index in [2.05, 4.69) is 10.1 Å². The van der Waals surface area contributed by atoms with E-state index in [-0.39, 0.29) is 6.61 Å². The van der Waals surface area contributed by atoms with Crippen LogP contribution in [-0.4, -0.2) is 169 Å². The van der Waals surface area contributed by atoms with Crippen LogP contribution in [0.4, 0.5) is 0 Å². The molecule has 0 aromatic rings. The van der Waals surface area contributed by atoms with Crippen LogP contribution >= 0.6 is 0 Å². The fraction of sp³-hybridized carbons (Fsp3) is 0.920. The predicted octanol–water partition coefficient (Wildman–Crippen LogP) is -1.00. The summed E-state index contributed by atoms with van der Waals surface area (Å²) in [4.78, 5) is 21.6. The Bertz CT molecular complexity index is 544. The summed E-state index contributed by atoms with van der Waals surface area (Å²) in [5, 5.41) is 10.9. The molecule has 15 heteroatoms. The van der Waals surface area contributed by atoms with Crippen molar-refractivity contribution in [2.24, 2.45) is 0 Å². The summed E-state index contributed by atoms with van der Waals surface area (Å²) in [5.41, 5.74) is 0. The largest absolute Gasteiger partial charge is 0.480 e. The van der Waals surface area contributed by atoms with E-state index in [1.165, 1.54) is 0 Å². The molecule has 0 bridgehead atoms. The number of hydrogen-bond acceptors (Lipinski definition) is 13. The maximum absolute atomic E-state index is 11.3. The van der Waals surface area contributed by atoms with Crippen LogP contribution < -0.4 is 5.32 Å². The maximum Gasteiger partial charge on any atom is 0.329 e. The Balaban J connectivity index is 3.08. The second-order valence-corrected chi connectivity index (χ2v) is 7.74. The van der Waals surface area contributed by atoms with Gasteiger partial charge in [0.15, 0.2) is 0 Å². The van der Waals surface area contributed by atoms with Crippen molar-refractivity contribution in [3.05, 3.63) is 0 Å². The van der Waals surface area contributed by atoms with E-state index in [9.17, 15) is 9.59 Å². The smallest absolute Gasteiger partial charge is 0.329 e. The van der Waals surface area contributed by atoms with E-state index in [1.807, 2.05) is 0 Å². The number of amides is 1. The number of carboxylic acids is 1. The zero-order valence-electron chi connectivity index (χ0n) is 23.8. The first-order valence-electron chi connectivity index (χ1n) is 13.4. The van der Waals surface area contributed by atoms with Crippen molar-refractivity contribution < 1.29 is 66.8 Å². The Kier molecular flexibility index (Phi) is 32.4. The van der Waals surface area contributed by atoms with Crippen molar-refractivity contribution in [1.82, 2.24) is 5.32 Å². The second-order valence-electron chi connectivity index (χ2n) is 7.74. The fourth-order valence-corrected chi connectivity index (χ4v) is 2.55. The summed E-state index contributed by atoms with van der Waals surface area (Å²) in [6.07, 6.45) is 0. The monoisotopic (exact) mass is 587 g/mol. The van der Waals surface area contributed by atoms with Gasteiger partial charge >= 0.3 is 5.97 Å². The molecule has 0 saturated carbocycles. The molecule has 0 spiro atoms. The molecular formula is C25H49NO14. The molecule has 0 saturated heterocycles. The van der Waals surface area contributed by atoms with Gasteiger partial charge in [0.2, 0.25) is 5.91 Å². The average molecular weight is 588 g/mol. The second kappa shape index (κ2) is 33.7. The predicted molar refractivity (Wildman–Crippen MR) is 141 cm³/mol. The lowest BCUT2D eigenvalue weighted by Crippen LogP contribution is -2.31. The Morgan fingerprint density at radius 2 is 0.750 bits per heavy atom. The van der Waals surface area contributed by atoms with Gasteiger partial charge in [-0.25, -0.2) is 4.79 Å². The van der Waals surface area contributed by atoms with E-state index >= 15 is 0 Å². The first-order valence-corrected chi connectivity index (χ1v) is 13.4. The Morgan fingerprint density at radius 3 is 1.05 bits per heavy atom. The molecule has 0 aliphatic heterocycles. The third kappa shape index (κ3) is 34.5.